The van der Waals surface area contributed by atoms with Crippen LogP contribution in [0.3, 0.4) is 0 Å². The van der Waals surface area contributed by atoms with Crippen LogP contribution in [0.5, 0.6) is 0 Å². The van der Waals surface area contributed by atoms with E-state index in [0.717, 1.165) is 16.8 Å². The molecule has 3 nitrogen and oxygen atoms in total. The van der Waals surface area contributed by atoms with Crippen LogP contribution in [0.15, 0.2) is 15.9 Å². The first-order valence-corrected chi connectivity index (χ1v) is 6.12. The lowest BCUT2D eigenvalue weighted by Gasteiger charge is -2.26. The highest BCUT2D eigenvalue weighted by Crippen LogP contribution is 2.21. The van der Waals surface area contributed by atoms with Gasteiger partial charge in [-0.3, -0.25) is 4.79 Å². The molecule has 0 bridgehead atoms. The van der Waals surface area contributed by atoms with E-state index in [4.69, 9.17) is 0 Å². The lowest BCUT2D eigenvalue weighted by atomic mass is 10.1. The van der Waals surface area contributed by atoms with Crippen LogP contribution < -0.4 is 10.6 Å². The molecule has 0 aromatic carbocycles. The third-order valence-corrected chi connectivity index (χ3v) is 3.83. The van der Waals surface area contributed by atoms with Gasteiger partial charge < -0.3 is 10.6 Å². The standard InChI is InChI=1S/C9H11BrN2OS.ClH/c10-8-2-1-6(14-8)5-12-9(13)7-3-4-11-7;/h1-2,7,11H,3-5H2,(H,12,13);1H/t7-;/m1./s1. The molecule has 0 spiro atoms. The fourth-order valence-corrected chi connectivity index (χ4v) is 2.68. The van der Waals surface area contributed by atoms with E-state index in [9.17, 15) is 4.79 Å². The van der Waals surface area contributed by atoms with Crippen molar-refractivity contribution in [2.75, 3.05) is 6.54 Å². The second-order valence-electron chi connectivity index (χ2n) is 3.22. The van der Waals surface area contributed by atoms with E-state index in [1.807, 2.05) is 12.1 Å². The Kier molecular flexibility index (Phi) is 5.05. The van der Waals surface area contributed by atoms with E-state index < -0.39 is 0 Å². The van der Waals surface area contributed by atoms with Crippen molar-refractivity contribution in [2.45, 2.75) is 19.0 Å². The Labute approximate surface area is 107 Å². The van der Waals surface area contributed by atoms with E-state index in [-0.39, 0.29) is 24.4 Å². The van der Waals surface area contributed by atoms with Crippen LogP contribution in [0.25, 0.3) is 0 Å². The van der Waals surface area contributed by atoms with Gasteiger partial charge in [0.15, 0.2) is 0 Å². The molecule has 1 aromatic heterocycles. The summed E-state index contributed by atoms with van der Waals surface area (Å²) in [6.45, 7) is 1.59. The lowest BCUT2D eigenvalue weighted by molar-refractivity contribution is -0.124. The summed E-state index contributed by atoms with van der Waals surface area (Å²) < 4.78 is 1.10. The van der Waals surface area contributed by atoms with Crippen molar-refractivity contribution < 1.29 is 4.79 Å². The van der Waals surface area contributed by atoms with Crippen molar-refractivity contribution in [2.24, 2.45) is 0 Å². The van der Waals surface area contributed by atoms with E-state index in [0.29, 0.717) is 6.54 Å². The zero-order valence-corrected chi connectivity index (χ0v) is 11.2. The van der Waals surface area contributed by atoms with E-state index >= 15 is 0 Å². The number of nitrogens with one attached hydrogen (secondary N) is 2. The number of rotatable bonds is 3. The van der Waals surface area contributed by atoms with Crippen LogP contribution in [0, 0.1) is 0 Å². The number of amides is 1. The van der Waals surface area contributed by atoms with Gasteiger partial charge in [-0.15, -0.1) is 23.7 Å². The van der Waals surface area contributed by atoms with Crippen LogP contribution in [-0.2, 0) is 11.3 Å². The molecule has 0 unspecified atom stereocenters. The Morgan fingerprint density at radius 1 is 1.67 bits per heavy atom. The van der Waals surface area contributed by atoms with Crippen molar-refractivity contribution in [3.8, 4) is 0 Å². The SMILES string of the molecule is Cl.O=C(NCc1ccc(Br)s1)[C@H]1CCN1. The predicted octanol–water partition coefficient (Wildman–Crippen LogP) is 1.91. The smallest absolute Gasteiger partial charge is 0.237 e. The molecule has 2 rings (SSSR count). The Bertz CT molecular complexity index is 341. The first-order valence-electron chi connectivity index (χ1n) is 4.51. The van der Waals surface area contributed by atoms with Gasteiger partial charge >= 0.3 is 0 Å². The number of hydrogen-bond acceptors (Lipinski definition) is 3. The van der Waals surface area contributed by atoms with Gasteiger partial charge in [0, 0.05) is 4.88 Å². The third kappa shape index (κ3) is 3.45. The van der Waals surface area contributed by atoms with Gasteiger partial charge in [0.1, 0.15) is 0 Å². The Morgan fingerprint density at radius 3 is 2.87 bits per heavy atom. The summed E-state index contributed by atoms with van der Waals surface area (Å²) in [5.41, 5.74) is 0. The molecule has 0 saturated carbocycles. The molecule has 1 aromatic rings. The van der Waals surface area contributed by atoms with Crippen LogP contribution >= 0.6 is 39.7 Å². The first kappa shape index (κ1) is 13.0. The molecule has 0 aliphatic carbocycles. The monoisotopic (exact) mass is 310 g/mol. The highest BCUT2D eigenvalue weighted by atomic mass is 79.9. The molecule has 1 saturated heterocycles. The summed E-state index contributed by atoms with van der Waals surface area (Å²) in [4.78, 5) is 12.6. The summed E-state index contributed by atoms with van der Waals surface area (Å²) >= 11 is 5.03. The lowest BCUT2D eigenvalue weighted by Crippen LogP contribution is -2.52. The van der Waals surface area contributed by atoms with Crippen LogP contribution in [0.2, 0.25) is 0 Å². The van der Waals surface area contributed by atoms with E-state index in [1.54, 1.807) is 11.3 Å². The minimum Gasteiger partial charge on any atom is -0.350 e. The largest absolute Gasteiger partial charge is 0.350 e. The van der Waals surface area contributed by atoms with Crippen LogP contribution in [-0.4, -0.2) is 18.5 Å². The maximum absolute atomic E-state index is 11.4. The fraction of sp³-hybridized carbons (Fsp3) is 0.444. The highest BCUT2D eigenvalue weighted by molar-refractivity contribution is 9.11. The summed E-state index contributed by atoms with van der Waals surface area (Å²) in [5.74, 6) is 0.112. The summed E-state index contributed by atoms with van der Waals surface area (Å²) in [7, 11) is 0. The zero-order chi connectivity index (χ0) is 9.97. The number of hydrogen-bond donors (Lipinski definition) is 2. The number of thiophene rings is 1. The molecule has 2 heterocycles. The number of halogens is 2. The third-order valence-electron chi connectivity index (χ3n) is 2.21. The Hall–Kier alpha value is -0.100. The molecular formula is C9H12BrClN2OS. The average molecular weight is 312 g/mol. The molecule has 15 heavy (non-hydrogen) atoms. The van der Waals surface area contributed by atoms with Gasteiger partial charge in [0.25, 0.3) is 0 Å². The molecule has 2 N–H and O–H groups in total. The van der Waals surface area contributed by atoms with Crippen molar-refractivity contribution in [1.29, 1.82) is 0 Å². The molecule has 6 heteroatoms. The van der Waals surface area contributed by atoms with Gasteiger partial charge in [-0.2, -0.15) is 0 Å². The normalized spacial score (nSPS) is 18.9. The van der Waals surface area contributed by atoms with Crippen LogP contribution in [0.4, 0.5) is 0 Å². The molecule has 1 atom stereocenters. The number of carbonyl (C=O) groups is 1. The molecule has 1 fully saturated rings. The van der Waals surface area contributed by atoms with Crippen molar-refractivity contribution in [3.63, 3.8) is 0 Å². The quantitative estimate of drug-likeness (QED) is 0.895. The van der Waals surface area contributed by atoms with Gasteiger partial charge in [0.2, 0.25) is 5.91 Å². The minimum atomic E-state index is 0. The summed E-state index contributed by atoms with van der Waals surface area (Å²) in [6.07, 6.45) is 0.958. The van der Waals surface area contributed by atoms with Gasteiger partial charge in [0.05, 0.1) is 16.4 Å². The first-order chi connectivity index (χ1) is 6.75. The predicted molar refractivity (Wildman–Crippen MR) is 67.5 cm³/mol. The van der Waals surface area contributed by atoms with Gasteiger partial charge in [-0.25, -0.2) is 0 Å². The van der Waals surface area contributed by atoms with Crippen molar-refractivity contribution >= 4 is 45.6 Å². The van der Waals surface area contributed by atoms with Gasteiger partial charge in [-0.1, -0.05) is 0 Å². The summed E-state index contributed by atoms with van der Waals surface area (Å²) in [5, 5.41) is 5.97. The zero-order valence-electron chi connectivity index (χ0n) is 7.96. The fourth-order valence-electron chi connectivity index (χ4n) is 1.26. The molecule has 1 aliphatic rings. The van der Waals surface area contributed by atoms with Crippen molar-refractivity contribution in [3.05, 3.63) is 20.8 Å². The Balaban J connectivity index is 0.00000112. The summed E-state index contributed by atoms with van der Waals surface area (Å²) in [6, 6.07) is 4.05. The molecular weight excluding hydrogens is 300 g/mol. The highest BCUT2D eigenvalue weighted by Gasteiger charge is 2.23. The average Bonchev–Trinajstić information content (AvgIpc) is 2.45. The molecule has 84 valence electrons. The maximum atomic E-state index is 11.4. The van der Waals surface area contributed by atoms with E-state index in [2.05, 4.69) is 26.6 Å². The number of carbonyl (C=O) groups excluding carboxylic acids is 1. The van der Waals surface area contributed by atoms with Crippen molar-refractivity contribution in [1.82, 2.24) is 10.6 Å². The topological polar surface area (TPSA) is 41.1 Å². The Morgan fingerprint density at radius 2 is 2.40 bits per heavy atom. The van der Waals surface area contributed by atoms with Gasteiger partial charge in [-0.05, 0) is 41.0 Å². The second-order valence-corrected chi connectivity index (χ2v) is 5.77. The van der Waals surface area contributed by atoms with E-state index in [1.165, 1.54) is 4.88 Å². The molecule has 1 amide bonds. The molecule has 0 radical (unpaired) electrons. The minimum absolute atomic E-state index is 0. The molecule has 1 aliphatic heterocycles. The second kappa shape index (κ2) is 5.84. The maximum Gasteiger partial charge on any atom is 0.237 e. The van der Waals surface area contributed by atoms with Crippen LogP contribution in [0.1, 0.15) is 11.3 Å².